The molecule has 0 aliphatic carbocycles. The van der Waals surface area contributed by atoms with Crippen LogP contribution >= 0.6 is 22.6 Å². The summed E-state index contributed by atoms with van der Waals surface area (Å²) in [5, 5.41) is 8.16. The number of benzene rings is 1. The molecule has 1 aromatic rings. The van der Waals surface area contributed by atoms with Crippen LogP contribution in [0.5, 0.6) is 0 Å². The van der Waals surface area contributed by atoms with E-state index in [9.17, 15) is 9.59 Å². The highest BCUT2D eigenvalue weighted by Crippen LogP contribution is 2.16. The normalized spacial score (nSPS) is 9.67. The van der Waals surface area contributed by atoms with Crippen molar-refractivity contribution in [2.45, 2.75) is 13.3 Å². The second kappa shape index (κ2) is 7.91. The van der Waals surface area contributed by atoms with Crippen LogP contribution in [0.15, 0.2) is 24.3 Å². The van der Waals surface area contributed by atoms with Gasteiger partial charge in [-0.05, 0) is 41.1 Å². The number of para-hydroxylation sites is 1. The van der Waals surface area contributed by atoms with Gasteiger partial charge in [0.2, 0.25) is 5.91 Å². The smallest absolute Gasteiger partial charge is 0.319 e. The Kier molecular flexibility index (Phi) is 6.48. The Morgan fingerprint density at radius 3 is 2.50 bits per heavy atom. The molecule has 0 aliphatic rings. The third-order valence-electron chi connectivity index (χ3n) is 2.14. The first-order valence-electron chi connectivity index (χ1n) is 5.63. The van der Waals surface area contributed by atoms with Gasteiger partial charge in [-0.3, -0.25) is 4.79 Å². The molecule has 1 aromatic carbocycles. The summed E-state index contributed by atoms with van der Waals surface area (Å²) >= 11 is 2.16. The van der Waals surface area contributed by atoms with E-state index < -0.39 is 0 Å². The lowest BCUT2D eigenvalue weighted by atomic mass is 10.3. The van der Waals surface area contributed by atoms with Gasteiger partial charge in [-0.1, -0.05) is 12.1 Å². The minimum atomic E-state index is -0.234. The standard InChI is InChI=1S/C12H16IN3O2/c1-9(17)14-7-4-8-15-12(18)16-11-6-3-2-5-10(11)13/h2-3,5-6H,4,7-8H2,1H3,(H,14,17)(H2,15,16,18). The van der Waals surface area contributed by atoms with E-state index in [1.807, 2.05) is 24.3 Å². The molecule has 0 saturated heterocycles. The van der Waals surface area contributed by atoms with E-state index in [0.717, 1.165) is 9.26 Å². The topological polar surface area (TPSA) is 70.2 Å². The third kappa shape index (κ3) is 5.85. The van der Waals surface area contributed by atoms with E-state index in [1.165, 1.54) is 6.92 Å². The molecule has 0 bridgehead atoms. The quantitative estimate of drug-likeness (QED) is 0.554. The number of carbonyl (C=O) groups excluding carboxylic acids is 2. The average Bonchev–Trinajstić information content (AvgIpc) is 2.31. The number of urea groups is 1. The Morgan fingerprint density at radius 2 is 1.83 bits per heavy atom. The largest absolute Gasteiger partial charge is 0.356 e. The predicted molar refractivity (Wildman–Crippen MR) is 79.5 cm³/mol. The lowest BCUT2D eigenvalue weighted by Gasteiger charge is -2.09. The summed E-state index contributed by atoms with van der Waals surface area (Å²) in [6.45, 7) is 2.56. The molecule has 0 heterocycles. The van der Waals surface area contributed by atoms with Gasteiger partial charge in [0.05, 0.1) is 5.69 Å². The van der Waals surface area contributed by atoms with E-state index in [2.05, 4.69) is 38.5 Å². The van der Waals surface area contributed by atoms with Crippen molar-refractivity contribution in [3.05, 3.63) is 27.8 Å². The summed E-state index contributed by atoms with van der Waals surface area (Å²) in [7, 11) is 0. The van der Waals surface area contributed by atoms with Crippen molar-refractivity contribution >= 4 is 40.2 Å². The molecular weight excluding hydrogens is 345 g/mol. The van der Waals surface area contributed by atoms with Crippen molar-refractivity contribution in [2.24, 2.45) is 0 Å². The van der Waals surface area contributed by atoms with Gasteiger partial charge in [-0.25, -0.2) is 4.79 Å². The van der Waals surface area contributed by atoms with E-state index in [1.54, 1.807) is 0 Å². The Hall–Kier alpha value is -1.31. The van der Waals surface area contributed by atoms with Gasteiger partial charge < -0.3 is 16.0 Å². The van der Waals surface area contributed by atoms with Gasteiger partial charge in [0, 0.05) is 23.6 Å². The fraction of sp³-hybridized carbons (Fsp3) is 0.333. The van der Waals surface area contributed by atoms with Crippen LogP contribution in [0.3, 0.4) is 0 Å². The Balaban J connectivity index is 2.22. The summed E-state index contributed by atoms with van der Waals surface area (Å²) in [4.78, 5) is 22.2. The van der Waals surface area contributed by atoms with Crippen molar-refractivity contribution in [1.29, 1.82) is 0 Å². The molecule has 0 aromatic heterocycles. The SMILES string of the molecule is CC(=O)NCCCNC(=O)Nc1ccccc1I. The number of amides is 3. The van der Waals surface area contributed by atoms with Gasteiger partial charge in [0.1, 0.15) is 0 Å². The molecule has 1 rings (SSSR count). The van der Waals surface area contributed by atoms with Gasteiger partial charge in [0.15, 0.2) is 0 Å². The molecule has 0 radical (unpaired) electrons. The second-order valence-electron chi connectivity index (χ2n) is 3.70. The van der Waals surface area contributed by atoms with Crippen LogP contribution in [0.2, 0.25) is 0 Å². The summed E-state index contributed by atoms with van der Waals surface area (Å²) in [6.07, 6.45) is 0.707. The molecule has 98 valence electrons. The van der Waals surface area contributed by atoms with E-state index in [0.29, 0.717) is 19.5 Å². The van der Waals surface area contributed by atoms with Gasteiger partial charge >= 0.3 is 6.03 Å². The number of anilines is 1. The van der Waals surface area contributed by atoms with Crippen molar-refractivity contribution in [3.8, 4) is 0 Å². The number of halogens is 1. The summed E-state index contributed by atoms with van der Waals surface area (Å²) < 4.78 is 0.989. The number of rotatable bonds is 5. The van der Waals surface area contributed by atoms with Crippen molar-refractivity contribution in [3.63, 3.8) is 0 Å². The van der Waals surface area contributed by atoms with Crippen molar-refractivity contribution < 1.29 is 9.59 Å². The highest BCUT2D eigenvalue weighted by atomic mass is 127. The first kappa shape index (κ1) is 14.7. The molecule has 0 saturated carbocycles. The van der Waals surface area contributed by atoms with Crippen LogP contribution in [0.1, 0.15) is 13.3 Å². The Labute approximate surface area is 120 Å². The number of nitrogens with one attached hydrogen (secondary N) is 3. The third-order valence-corrected chi connectivity index (χ3v) is 3.08. The lowest BCUT2D eigenvalue weighted by Crippen LogP contribution is -2.32. The molecule has 0 atom stereocenters. The van der Waals surface area contributed by atoms with E-state index >= 15 is 0 Å². The van der Waals surface area contributed by atoms with E-state index in [-0.39, 0.29) is 11.9 Å². The fourth-order valence-electron chi connectivity index (χ4n) is 1.28. The molecule has 5 nitrogen and oxygen atoms in total. The summed E-state index contributed by atoms with van der Waals surface area (Å²) in [5.41, 5.74) is 0.789. The zero-order valence-electron chi connectivity index (χ0n) is 10.1. The first-order chi connectivity index (χ1) is 8.59. The molecule has 6 heteroatoms. The van der Waals surface area contributed by atoms with Crippen molar-refractivity contribution in [1.82, 2.24) is 10.6 Å². The Morgan fingerprint density at radius 1 is 1.17 bits per heavy atom. The molecule has 0 unspecified atom stereocenters. The van der Waals surface area contributed by atoms with Crippen LogP contribution in [0.4, 0.5) is 10.5 Å². The van der Waals surface area contributed by atoms with E-state index in [4.69, 9.17) is 0 Å². The fourth-order valence-corrected chi connectivity index (χ4v) is 1.81. The van der Waals surface area contributed by atoms with Gasteiger partial charge in [-0.15, -0.1) is 0 Å². The number of hydrogen-bond donors (Lipinski definition) is 3. The van der Waals surface area contributed by atoms with Crippen LogP contribution in [0.25, 0.3) is 0 Å². The molecule has 0 aliphatic heterocycles. The maximum atomic E-state index is 11.5. The lowest BCUT2D eigenvalue weighted by molar-refractivity contribution is -0.118. The van der Waals surface area contributed by atoms with Crippen molar-refractivity contribution in [2.75, 3.05) is 18.4 Å². The van der Waals surface area contributed by atoms with Crippen LogP contribution in [0, 0.1) is 3.57 Å². The minimum absolute atomic E-state index is 0.0571. The van der Waals surface area contributed by atoms with Crippen LogP contribution in [-0.2, 0) is 4.79 Å². The second-order valence-corrected chi connectivity index (χ2v) is 4.86. The minimum Gasteiger partial charge on any atom is -0.356 e. The summed E-state index contributed by atoms with van der Waals surface area (Å²) in [5.74, 6) is -0.0571. The summed E-state index contributed by atoms with van der Waals surface area (Å²) in [6, 6.07) is 7.32. The molecular formula is C12H16IN3O2. The maximum Gasteiger partial charge on any atom is 0.319 e. The number of hydrogen-bond acceptors (Lipinski definition) is 2. The maximum absolute atomic E-state index is 11.5. The molecule has 3 amide bonds. The predicted octanol–water partition coefficient (Wildman–Crippen LogP) is 1.94. The molecule has 3 N–H and O–H groups in total. The zero-order valence-corrected chi connectivity index (χ0v) is 12.3. The van der Waals surface area contributed by atoms with Crippen LogP contribution < -0.4 is 16.0 Å². The highest BCUT2D eigenvalue weighted by molar-refractivity contribution is 14.1. The zero-order chi connectivity index (χ0) is 13.4. The molecule has 0 fully saturated rings. The average molecular weight is 361 g/mol. The number of carbonyl (C=O) groups is 2. The molecule has 18 heavy (non-hydrogen) atoms. The van der Waals surface area contributed by atoms with Crippen LogP contribution in [-0.4, -0.2) is 25.0 Å². The van der Waals surface area contributed by atoms with Gasteiger partial charge in [-0.2, -0.15) is 0 Å². The Bertz CT molecular complexity index is 424. The van der Waals surface area contributed by atoms with Gasteiger partial charge in [0.25, 0.3) is 0 Å². The first-order valence-corrected chi connectivity index (χ1v) is 6.71. The highest BCUT2D eigenvalue weighted by Gasteiger charge is 2.03. The monoisotopic (exact) mass is 361 g/mol. The molecule has 0 spiro atoms.